The van der Waals surface area contributed by atoms with Crippen molar-refractivity contribution in [3.05, 3.63) is 34.9 Å². The number of carbonyl (C=O) groups excluding carboxylic acids is 1. The number of hydrogen-bond acceptors (Lipinski definition) is 2. The molecule has 1 atom stereocenters. The lowest BCUT2D eigenvalue weighted by Crippen LogP contribution is -2.34. The van der Waals surface area contributed by atoms with Crippen LogP contribution in [0, 0.1) is 25.2 Å². The topological polar surface area (TPSA) is 44.1 Å². The van der Waals surface area contributed by atoms with E-state index >= 15 is 0 Å². The standard InChI is InChI=1S/C13H16N2O/c1-9-5-6-12(7-10(9)2)13(16)15(4)11(3)8-14/h5-7,11H,1-4H3/t11-/m1/s1. The van der Waals surface area contributed by atoms with E-state index in [-0.39, 0.29) is 5.91 Å². The van der Waals surface area contributed by atoms with Crippen molar-refractivity contribution in [2.45, 2.75) is 26.8 Å². The Balaban J connectivity index is 2.98. The predicted molar refractivity (Wildman–Crippen MR) is 63.1 cm³/mol. The zero-order valence-corrected chi connectivity index (χ0v) is 10.1. The Hall–Kier alpha value is -1.82. The highest BCUT2D eigenvalue weighted by molar-refractivity contribution is 5.94. The van der Waals surface area contributed by atoms with E-state index in [2.05, 4.69) is 0 Å². The van der Waals surface area contributed by atoms with Crippen molar-refractivity contribution in [2.75, 3.05) is 7.05 Å². The SMILES string of the molecule is Cc1ccc(C(=O)N(C)[C@H](C)C#N)cc1C. The Labute approximate surface area is 96.3 Å². The van der Waals surface area contributed by atoms with Gasteiger partial charge in [0.15, 0.2) is 0 Å². The maximum absolute atomic E-state index is 12.0. The van der Waals surface area contributed by atoms with Gasteiger partial charge in [0, 0.05) is 12.6 Å². The van der Waals surface area contributed by atoms with Crippen LogP contribution in [0.1, 0.15) is 28.4 Å². The van der Waals surface area contributed by atoms with Gasteiger partial charge in [-0.2, -0.15) is 5.26 Å². The van der Waals surface area contributed by atoms with Gasteiger partial charge in [-0.25, -0.2) is 0 Å². The van der Waals surface area contributed by atoms with Gasteiger partial charge in [0.05, 0.1) is 6.07 Å². The largest absolute Gasteiger partial charge is 0.326 e. The van der Waals surface area contributed by atoms with Crippen LogP contribution in [-0.4, -0.2) is 23.9 Å². The van der Waals surface area contributed by atoms with E-state index in [1.54, 1.807) is 20.0 Å². The van der Waals surface area contributed by atoms with Crippen LogP contribution in [-0.2, 0) is 0 Å². The Kier molecular flexibility index (Phi) is 3.68. The van der Waals surface area contributed by atoms with Crippen molar-refractivity contribution >= 4 is 5.91 Å². The van der Waals surface area contributed by atoms with Gasteiger partial charge in [-0.3, -0.25) is 4.79 Å². The van der Waals surface area contributed by atoms with E-state index in [9.17, 15) is 4.79 Å². The quantitative estimate of drug-likeness (QED) is 0.761. The molecular formula is C13H16N2O. The molecule has 0 radical (unpaired) electrons. The molecule has 0 saturated heterocycles. The Morgan fingerprint density at radius 3 is 2.50 bits per heavy atom. The van der Waals surface area contributed by atoms with Crippen LogP contribution >= 0.6 is 0 Å². The second-order valence-electron chi connectivity index (χ2n) is 4.02. The minimum atomic E-state index is -0.408. The minimum Gasteiger partial charge on any atom is -0.326 e. The van der Waals surface area contributed by atoms with E-state index in [1.165, 1.54) is 4.90 Å². The molecular weight excluding hydrogens is 200 g/mol. The molecule has 3 nitrogen and oxygen atoms in total. The van der Waals surface area contributed by atoms with E-state index in [0.29, 0.717) is 5.56 Å². The summed E-state index contributed by atoms with van der Waals surface area (Å²) in [4.78, 5) is 13.4. The zero-order valence-electron chi connectivity index (χ0n) is 10.1. The number of rotatable bonds is 2. The maximum atomic E-state index is 12.0. The van der Waals surface area contributed by atoms with Gasteiger partial charge in [0.1, 0.15) is 6.04 Å². The normalized spacial score (nSPS) is 11.7. The molecule has 0 heterocycles. The van der Waals surface area contributed by atoms with Gasteiger partial charge in [0.25, 0.3) is 5.91 Å². The Morgan fingerprint density at radius 1 is 1.38 bits per heavy atom. The number of benzene rings is 1. The van der Waals surface area contributed by atoms with Crippen molar-refractivity contribution < 1.29 is 4.79 Å². The summed E-state index contributed by atoms with van der Waals surface area (Å²) < 4.78 is 0. The fourth-order valence-electron chi connectivity index (χ4n) is 1.34. The molecule has 16 heavy (non-hydrogen) atoms. The summed E-state index contributed by atoms with van der Waals surface area (Å²) in [6.07, 6.45) is 0. The fourth-order valence-corrected chi connectivity index (χ4v) is 1.34. The first kappa shape index (κ1) is 12.3. The lowest BCUT2D eigenvalue weighted by molar-refractivity contribution is 0.0773. The first-order valence-corrected chi connectivity index (χ1v) is 5.21. The van der Waals surface area contributed by atoms with Gasteiger partial charge in [-0.15, -0.1) is 0 Å². The molecule has 0 unspecified atom stereocenters. The number of hydrogen-bond donors (Lipinski definition) is 0. The molecule has 1 amide bonds. The maximum Gasteiger partial charge on any atom is 0.254 e. The van der Waals surface area contributed by atoms with Gasteiger partial charge >= 0.3 is 0 Å². The summed E-state index contributed by atoms with van der Waals surface area (Å²) in [5.41, 5.74) is 2.88. The molecule has 0 aliphatic heterocycles. The zero-order chi connectivity index (χ0) is 12.3. The van der Waals surface area contributed by atoms with E-state index in [4.69, 9.17) is 5.26 Å². The lowest BCUT2D eigenvalue weighted by atomic mass is 10.1. The van der Waals surface area contributed by atoms with Crippen LogP contribution in [0.2, 0.25) is 0 Å². The third kappa shape index (κ3) is 2.40. The summed E-state index contributed by atoms with van der Waals surface area (Å²) in [5.74, 6) is -0.114. The van der Waals surface area contributed by atoms with E-state index < -0.39 is 6.04 Å². The number of aryl methyl sites for hydroxylation is 2. The van der Waals surface area contributed by atoms with Crippen molar-refractivity contribution in [3.63, 3.8) is 0 Å². The van der Waals surface area contributed by atoms with Crippen molar-refractivity contribution in [1.82, 2.24) is 4.90 Å². The Bertz CT molecular complexity index is 446. The molecule has 0 N–H and O–H groups in total. The van der Waals surface area contributed by atoms with Gasteiger partial charge < -0.3 is 4.90 Å². The number of carbonyl (C=O) groups is 1. The minimum absolute atomic E-state index is 0.114. The lowest BCUT2D eigenvalue weighted by Gasteiger charge is -2.19. The Morgan fingerprint density at radius 2 is 2.00 bits per heavy atom. The predicted octanol–water partition coefficient (Wildman–Crippen LogP) is 2.29. The average Bonchev–Trinajstić information content (AvgIpc) is 2.29. The molecule has 0 bridgehead atoms. The first-order valence-electron chi connectivity index (χ1n) is 5.21. The summed E-state index contributed by atoms with van der Waals surface area (Å²) >= 11 is 0. The molecule has 0 aromatic heterocycles. The molecule has 1 aromatic rings. The van der Waals surface area contributed by atoms with Crippen LogP contribution in [0.5, 0.6) is 0 Å². The molecule has 1 rings (SSSR count). The van der Waals surface area contributed by atoms with Crippen molar-refractivity contribution in [3.8, 4) is 6.07 Å². The third-order valence-electron chi connectivity index (χ3n) is 2.84. The van der Waals surface area contributed by atoms with Crippen LogP contribution in [0.15, 0.2) is 18.2 Å². The molecule has 84 valence electrons. The van der Waals surface area contributed by atoms with Crippen LogP contribution in [0.4, 0.5) is 0 Å². The monoisotopic (exact) mass is 216 g/mol. The molecule has 0 aliphatic rings. The molecule has 0 saturated carbocycles. The summed E-state index contributed by atoms with van der Waals surface area (Å²) in [6.45, 7) is 5.68. The molecule has 0 spiro atoms. The van der Waals surface area contributed by atoms with Crippen LogP contribution in [0.25, 0.3) is 0 Å². The summed E-state index contributed by atoms with van der Waals surface area (Å²) in [5, 5.41) is 8.76. The smallest absolute Gasteiger partial charge is 0.254 e. The van der Waals surface area contributed by atoms with Crippen molar-refractivity contribution in [2.24, 2.45) is 0 Å². The molecule has 0 aliphatic carbocycles. The fraction of sp³-hybridized carbons (Fsp3) is 0.385. The van der Waals surface area contributed by atoms with Crippen LogP contribution < -0.4 is 0 Å². The highest BCUT2D eigenvalue weighted by Gasteiger charge is 2.16. The van der Waals surface area contributed by atoms with Gasteiger partial charge in [0.2, 0.25) is 0 Å². The first-order chi connectivity index (χ1) is 7.47. The third-order valence-corrected chi connectivity index (χ3v) is 2.84. The molecule has 3 heteroatoms. The van der Waals surface area contributed by atoms with Gasteiger partial charge in [-0.05, 0) is 44.0 Å². The number of amides is 1. The highest BCUT2D eigenvalue weighted by atomic mass is 16.2. The van der Waals surface area contributed by atoms with E-state index in [0.717, 1.165) is 11.1 Å². The van der Waals surface area contributed by atoms with E-state index in [1.807, 2.05) is 32.0 Å². The van der Waals surface area contributed by atoms with Crippen molar-refractivity contribution in [1.29, 1.82) is 5.26 Å². The second-order valence-corrected chi connectivity index (χ2v) is 4.02. The molecule has 1 aromatic carbocycles. The summed E-state index contributed by atoms with van der Waals surface area (Å²) in [7, 11) is 1.64. The van der Waals surface area contributed by atoms with Gasteiger partial charge in [-0.1, -0.05) is 6.07 Å². The highest BCUT2D eigenvalue weighted by Crippen LogP contribution is 2.12. The number of nitrogens with zero attached hydrogens (tertiary/aromatic N) is 2. The summed E-state index contributed by atoms with van der Waals surface area (Å²) in [6, 6.07) is 7.22. The van der Waals surface area contributed by atoms with Crippen LogP contribution in [0.3, 0.4) is 0 Å². The second kappa shape index (κ2) is 4.80. The number of nitriles is 1. The molecule has 0 fully saturated rings. The average molecular weight is 216 g/mol.